The molecule has 0 spiro atoms. The summed E-state index contributed by atoms with van der Waals surface area (Å²) in [5.74, 6) is -1.43. The van der Waals surface area contributed by atoms with Crippen molar-refractivity contribution in [2.75, 3.05) is 6.61 Å². The first kappa shape index (κ1) is 13.6. The van der Waals surface area contributed by atoms with Gasteiger partial charge in [-0.3, -0.25) is 4.79 Å². The van der Waals surface area contributed by atoms with Gasteiger partial charge in [0, 0.05) is 0 Å². The van der Waals surface area contributed by atoms with E-state index < -0.39 is 28.6 Å². The van der Waals surface area contributed by atoms with Crippen LogP contribution in [0.5, 0.6) is 0 Å². The monoisotopic (exact) mass is 259 g/mol. The highest BCUT2D eigenvalue weighted by molar-refractivity contribution is 7.89. The number of nitrogens with one attached hydrogen (secondary N) is 1. The van der Waals surface area contributed by atoms with E-state index in [0.29, 0.717) is 0 Å². The average molecular weight is 259 g/mol. The Hall–Kier alpha value is -1.44. The third kappa shape index (κ3) is 3.52. The molecule has 0 bridgehead atoms. The molecule has 1 aromatic rings. The molecule has 0 aliphatic carbocycles. The molecule has 1 atom stereocenters. The van der Waals surface area contributed by atoms with E-state index in [2.05, 4.69) is 0 Å². The molecule has 0 aliphatic rings. The van der Waals surface area contributed by atoms with Crippen LogP contribution in [0.2, 0.25) is 0 Å². The number of rotatable bonds is 5. The van der Waals surface area contributed by atoms with Crippen LogP contribution in [0.3, 0.4) is 0 Å². The predicted octanol–water partition coefficient (Wildman–Crippen LogP) is -0.281. The lowest BCUT2D eigenvalue weighted by atomic mass is 10.2. The molecule has 6 nitrogen and oxygen atoms in total. The molecule has 0 aromatic heterocycles. The normalized spacial score (nSPS) is 13.3. The van der Waals surface area contributed by atoms with Crippen LogP contribution >= 0.6 is 0 Å². The van der Waals surface area contributed by atoms with Crippen molar-refractivity contribution in [3.63, 3.8) is 0 Å². The van der Waals surface area contributed by atoms with Gasteiger partial charge in [-0.25, -0.2) is 8.42 Å². The number of carbonyl (C=O) groups is 1. The topological polar surface area (TPSA) is 104 Å². The van der Waals surface area contributed by atoms with Gasteiger partial charge in [-0.05, 0) is 24.6 Å². The summed E-state index contributed by atoms with van der Waals surface area (Å²) in [5, 5.41) is 17.4. The summed E-state index contributed by atoms with van der Waals surface area (Å²) in [4.78, 5) is 10.6. The third-order valence-electron chi connectivity index (χ3n) is 2.08. The Balaban J connectivity index is 3.00. The van der Waals surface area contributed by atoms with Crippen molar-refractivity contribution in [2.24, 2.45) is 0 Å². The molecule has 7 heteroatoms. The maximum Gasteiger partial charge on any atom is 0.324 e. The SMILES string of the molecule is Cc1cccc(S(=O)(=O)NC(CO)C(=O)O)c1. The highest BCUT2D eigenvalue weighted by Crippen LogP contribution is 2.11. The maximum absolute atomic E-state index is 11.8. The lowest BCUT2D eigenvalue weighted by Gasteiger charge is -2.12. The first-order chi connectivity index (χ1) is 7.86. The van der Waals surface area contributed by atoms with Gasteiger partial charge in [0.1, 0.15) is 6.04 Å². The molecule has 0 saturated carbocycles. The number of aliphatic hydroxyl groups excluding tert-OH is 1. The van der Waals surface area contributed by atoms with Crippen molar-refractivity contribution < 1.29 is 23.4 Å². The quantitative estimate of drug-likeness (QED) is 0.674. The van der Waals surface area contributed by atoms with Gasteiger partial charge in [0.05, 0.1) is 11.5 Å². The average Bonchev–Trinajstić information content (AvgIpc) is 2.25. The maximum atomic E-state index is 11.8. The van der Waals surface area contributed by atoms with Gasteiger partial charge in [0.15, 0.2) is 0 Å². The zero-order valence-corrected chi connectivity index (χ0v) is 9.94. The number of carboxylic acids is 1. The minimum absolute atomic E-state index is 0.0304. The molecular weight excluding hydrogens is 246 g/mol. The summed E-state index contributed by atoms with van der Waals surface area (Å²) in [6.07, 6.45) is 0. The summed E-state index contributed by atoms with van der Waals surface area (Å²) in [7, 11) is -3.93. The number of aliphatic hydroxyl groups is 1. The van der Waals surface area contributed by atoms with E-state index in [9.17, 15) is 13.2 Å². The van der Waals surface area contributed by atoms with Gasteiger partial charge in [-0.15, -0.1) is 0 Å². The molecule has 17 heavy (non-hydrogen) atoms. The van der Waals surface area contributed by atoms with E-state index in [1.165, 1.54) is 12.1 Å². The second-order valence-electron chi connectivity index (χ2n) is 3.51. The Kier molecular flexibility index (Phi) is 4.22. The second-order valence-corrected chi connectivity index (χ2v) is 5.23. The minimum Gasteiger partial charge on any atom is -0.480 e. The molecule has 1 aromatic carbocycles. The molecule has 1 unspecified atom stereocenters. The number of sulfonamides is 1. The van der Waals surface area contributed by atoms with E-state index in [1.54, 1.807) is 19.1 Å². The minimum atomic E-state index is -3.93. The van der Waals surface area contributed by atoms with Crippen LogP contribution in [0.1, 0.15) is 5.56 Å². The Bertz CT molecular complexity index is 511. The molecule has 0 fully saturated rings. The number of benzene rings is 1. The molecule has 0 saturated heterocycles. The molecule has 0 radical (unpaired) electrons. The number of aliphatic carboxylic acids is 1. The highest BCUT2D eigenvalue weighted by atomic mass is 32.2. The van der Waals surface area contributed by atoms with Gasteiger partial charge in [-0.2, -0.15) is 4.72 Å². The number of hydrogen-bond donors (Lipinski definition) is 3. The van der Waals surface area contributed by atoms with E-state index >= 15 is 0 Å². The number of aryl methyl sites for hydroxylation is 1. The van der Waals surface area contributed by atoms with E-state index in [0.717, 1.165) is 5.56 Å². The third-order valence-corrected chi connectivity index (χ3v) is 3.55. The van der Waals surface area contributed by atoms with E-state index in [4.69, 9.17) is 10.2 Å². The fraction of sp³-hybridized carbons (Fsp3) is 0.300. The summed E-state index contributed by atoms with van der Waals surface area (Å²) in [5.41, 5.74) is 0.740. The van der Waals surface area contributed by atoms with Crippen LogP contribution in [0.25, 0.3) is 0 Å². The van der Waals surface area contributed by atoms with Crippen molar-refractivity contribution in [2.45, 2.75) is 17.9 Å². The Morgan fingerprint density at radius 3 is 2.59 bits per heavy atom. The zero-order chi connectivity index (χ0) is 13.1. The molecule has 0 amide bonds. The molecular formula is C10H13NO5S. The van der Waals surface area contributed by atoms with Crippen LogP contribution in [-0.4, -0.2) is 37.2 Å². The molecule has 94 valence electrons. The van der Waals surface area contributed by atoms with Crippen LogP contribution in [-0.2, 0) is 14.8 Å². The van der Waals surface area contributed by atoms with Crippen LogP contribution in [0, 0.1) is 6.92 Å². The smallest absolute Gasteiger partial charge is 0.324 e. The lowest BCUT2D eigenvalue weighted by Crippen LogP contribution is -2.43. The molecule has 3 N–H and O–H groups in total. The van der Waals surface area contributed by atoms with Crippen LogP contribution in [0.15, 0.2) is 29.2 Å². The van der Waals surface area contributed by atoms with Crippen molar-refractivity contribution in [1.82, 2.24) is 4.72 Å². The summed E-state index contributed by atoms with van der Waals surface area (Å²) < 4.78 is 25.5. The van der Waals surface area contributed by atoms with Gasteiger partial charge < -0.3 is 10.2 Å². The molecule has 1 rings (SSSR count). The second kappa shape index (κ2) is 5.26. The molecule has 0 aliphatic heterocycles. The Morgan fingerprint density at radius 2 is 2.12 bits per heavy atom. The Morgan fingerprint density at radius 1 is 1.47 bits per heavy atom. The van der Waals surface area contributed by atoms with Gasteiger partial charge in [0.2, 0.25) is 10.0 Å². The summed E-state index contributed by atoms with van der Waals surface area (Å²) in [6, 6.07) is 4.50. The fourth-order valence-corrected chi connectivity index (χ4v) is 2.49. The van der Waals surface area contributed by atoms with E-state index in [-0.39, 0.29) is 4.90 Å². The van der Waals surface area contributed by atoms with Crippen molar-refractivity contribution in [1.29, 1.82) is 0 Å². The van der Waals surface area contributed by atoms with Crippen molar-refractivity contribution in [3.05, 3.63) is 29.8 Å². The number of carboxylic acid groups (broad SMARTS) is 1. The van der Waals surface area contributed by atoms with Gasteiger partial charge in [-0.1, -0.05) is 12.1 Å². The lowest BCUT2D eigenvalue weighted by molar-refractivity contribution is -0.139. The van der Waals surface area contributed by atoms with Crippen LogP contribution < -0.4 is 4.72 Å². The fourth-order valence-electron chi connectivity index (χ4n) is 1.20. The standard InChI is InChI=1S/C10H13NO5S/c1-7-3-2-4-8(5-7)17(15,16)11-9(6-12)10(13)14/h2-5,9,11-12H,6H2,1H3,(H,13,14). The summed E-state index contributed by atoms with van der Waals surface area (Å²) >= 11 is 0. The Labute approximate surface area is 99.0 Å². The first-order valence-electron chi connectivity index (χ1n) is 4.79. The molecule has 0 heterocycles. The van der Waals surface area contributed by atoms with Gasteiger partial charge in [0.25, 0.3) is 0 Å². The first-order valence-corrected chi connectivity index (χ1v) is 6.28. The van der Waals surface area contributed by atoms with Crippen molar-refractivity contribution in [3.8, 4) is 0 Å². The predicted molar refractivity (Wildman–Crippen MR) is 60.0 cm³/mol. The van der Waals surface area contributed by atoms with Crippen molar-refractivity contribution >= 4 is 16.0 Å². The highest BCUT2D eigenvalue weighted by Gasteiger charge is 2.24. The van der Waals surface area contributed by atoms with Crippen LogP contribution in [0.4, 0.5) is 0 Å². The summed E-state index contributed by atoms with van der Waals surface area (Å²) in [6.45, 7) is 0.917. The largest absolute Gasteiger partial charge is 0.480 e. The zero-order valence-electron chi connectivity index (χ0n) is 9.12. The number of hydrogen-bond acceptors (Lipinski definition) is 4. The van der Waals surface area contributed by atoms with Gasteiger partial charge >= 0.3 is 5.97 Å². The van der Waals surface area contributed by atoms with E-state index in [1.807, 2.05) is 4.72 Å².